The predicted molar refractivity (Wildman–Crippen MR) is 63.8 cm³/mol. The molecule has 2 aromatic rings. The molecule has 2 nitrogen and oxygen atoms in total. The fraction of sp³-hybridized carbons (Fsp3) is 0.0909. The van der Waals surface area contributed by atoms with Crippen molar-refractivity contribution in [3.05, 3.63) is 40.6 Å². The fourth-order valence-electron chi connectivity index (χ4n) is 1.58. The largest absolute Gasteiger partial charge is 0.405 e. The zero-order valence-corrected chi connectivity index (χ0v) is 9.45. The highest BCUT2D eigenvalue weighted by molar-refractivity contribution is 9.10. The van der Waals surface area contributed by atoms with Crippen LogP contribution in [0.15, 0.2) is 34.9 Å². The van der Waals surface area contributed by atoms with Gasteiger partial charge in [0.1, 0.15) is 0 Å². The lowest BCUT2D eigenvalue weighted by Gasteiger charge is -1.99. The molecule has 1 heterocycles. The van der Waals surface area contributed by atoms with E-state index in [0.29, 0.717) is 0 Å². The second-order valence-electron chi connectivity index (χ2n) is 3.19. The van der Waals surface area contributed by atoms with Gasteiger partial charge in [-0.05, 0) is 30.5 Å². The van der Waals surface area contributed by atoms with Crippen LogP contribution < -0.4 is 5.73 Å². The summed E-state index contributed by atoms with van der Waals surface area (Å²) < 4.78 is 3.21. The van der Waals surface area contributed by atoms with E-state index < -0.39 is 0 Å². The maximum Gasteiger partial charge on any atom is 0.0493 e. The Bertz CT molecular complexity index is 497. The summed E-state index contributed by atoms with van der Waals surface area (Å²) >= 11 is 3.46. The van der Waals surface area contributed by atoms with Crippen LogP contribution >= 0.6 is 15.9 Å². The number of aromatic nitrogens is 1. The molecule has 0 fully saturated rings. The number of halogens is 1. The fourth-order valence-corrected chi connectivity index (χ4v) is 1.93. The van der Waals surface area contributed by atoms with Gasteiger partial charge in [-0.25, -0.2) is 0 Å². The third kappa shape index (κ3) is 1.44. The molecule has 72 valence electrons. The quantitative estimate of drug-likeness (QED) is 0.830. The molecule has 0 radical (unpaired) electrons. The summed E-state index contributed by atoms with van der Waals surface area (Å²) in [6, 6.07) is 8.35. The number of hydrogen-bond donors (Lipinski definition) is 1. The molecule has 1 aromatic heterocycles. The Morgan fingerprint density at radius 1 is 1.36 bits per heavy atom. The molecule has 2 rings (SSSR count). The van der Waals surface area contributed by atoms with Crippen LogP contribution in [0.2, 0.25) is 0 Å². The minimum absolute atomic E-state index is 1.09. The molecule has 14 heavy (non-hydrogen) atoms. The molecule has 0 aliphatic rings. The summed E-state index contributed by atoms with van der Waals surface area (Å²) in [6.07, 6.45) is 3.46. The van der Waals surface area contributed by atoms with Gasteiger partial charge in [0, 0.05) is 28.1 Å². The molecule has 0 atom stereocenters. The van der Waals surface area contributed by atoms with E-state index >= 15 is 0 Å². The van der Waals surface area contributed by atoms with Crippen LogP contribution in [0.3, 0.4) is 0 Å². The Kier molecular flexibility index (Phi) is 2.33. The van der Waals surface area contributed by atoms with Gasteiger partial charge in [-0.3, -0.25) is 0 Å². The van der Waals surface area contributed by atoms with Crippen LogP contribution in [-0.2, 0) is 7.05 Å². The molecule has 1 aromatic carbocycles. The Morgan fingerprint density at radius 2 is 2.14 bits per heavy atom. The number of nitrogens with zero attached hydrogens (tertiary/aromatic N) is 1. The number of nitrogens with two attached hydrogens (primary N) is 1. The topological polar surface area (TPSA) is 30.9 Å². The smallest absolute Gasteiger partial charge is 0.0493 e. The van der Waals surface area contributed by atoms with E-state index in [-0.39, 0.29) is 0 Å². The highest BCUT2D eigenvalue weighted by Gasteiger charge is 2.02. The van der Waals surface area contributed by atoms with Crippen molar-refractivity contribution in [2.24, 2.45) is 12.8 Å². The first-order valence-electron chi connectivity index (χ1n) is 4.35. The molecular formula is C11H11BrN2. The van der Waals surface area contributed by atoms with Gasteiger partial charge in [0.05, 0.1) is 0 Å². The highest BCUT2D eigenvalue weighted by atomic mass is 79.9. The molecule has 0 spiro atoms. The normalized spacial score (nSPS) is 11.6. The molecule has 0 aliphatic heterocycles. The lowest BCUT2D eigenvalue weighted by atomic mass is 10.2. The number of fused-ring (bicyclic) bond motifs is 1. The van der Waals surface area contributed by atoms with Crippen LogP contribution in [-0.4, -0.2) is 4.57 Å². The van der Waals surface area contributed by atoms with E-state index in [9.17, 15) is 0 Å². The van der Waals surface area contributed by atoms with Gasteiger partial charge in [0.15, 0.2) is 0 Å². The van der Waals surface area contributed by atoms with Crippen LogP contribution in [0, 0.1) is 0 Å². The first-order valence-corrected chi connectivity index (χ1v) is 5.15. The summed E-state index contributed by atoms with van der Waals surface area (Å²) in [5.74, 6) is 0. The molecular weight excluding hydrogens is 240 g/mol. The van der Waals surface area contributed by atoms with Gasteiger partial charge in [0.2, 0.25) is 0 Å². The summed E-state index contributed by atoms with van der Waals surface area (Å²) in [5.41, 5.74) is 7.69. The van der Waals surface area contributed by atoms with Crippen molar-refractivity contribution in [3.63, 3.8) is 0 Å². The van der Waals surface area contributed by atoms with Crippen molar-refractivity contribution in [1.29, 1.82) is 0 Å². The maximum absolute atomic E-state index is 5.38. The van der Waals surface area contributed by atoms with E-state index in [4.69, 9.17) is 5.73 Å². The standard InChI is InChI=1S/C11H11BrN2/c1-14-10(4-5-13)6-8-2-3-9(12)7-11(8)14/h2-7H,13H2,1H3/b5-4+. The van der Waals surface area contributed by atoms with Crippen molar-refractivity contribution < 1.29 is 0 Å². The zero-order chi connectivity index (χ0) is 10.1. The Hall–Kier alpha value is -1.22. The molecule has 0 saturated heterocycles. The van der Waals surface area contributed by atoms with E-state index in [0.717, 1.165) is 10.2 Å². The zero-order valence-electron chi connectivity index (χ0n) is 7.87. The van der Waals surface area contributed by atoms with E-state index in [2.05, 4.69) is 38.7 Å². The summed E-state index contributed by atoms with van der Waals surface area (Å²) in [7, 11) is 2.03. The molecule has 0 amide bonds. The van der Waals surface area contributed by atoms with Crippen molar-refractivity contribution in [3.8, 4) is 0 Å². The minimum atomic E-state index is 1.09. The molecule has 2 N–H and O–H groups in total. The average Bonchev–Trinajstić information content (AvgIpc) is 2.46. The van der Waals surface area contributed by atoms with Crippen LogP contribution in [0.25, 0.3) is 17.0 Å². The molecule has 3 heteroatoms. The summed E-state index contributed by atoms with van der Waals surface area (Å²) in [5, 5.41) is 1.23. The molecule has 0 aliphatic carbocycles. The van der Waals surface area contributed by atoms with Crippen LogP contribution in [0.5, 0.6) is 0 Å². The summed E-state index contributed by atoms with van der Waals surface area (Å²) in [4.78, 5) is 0. The van der Waals surface area contributed by atoms with Gasteiger partial charge >= 0.3 is 0 Å². The molecule has 0 bridgehead atoms. The number of benzene rings is 1. The van der Waals surface area contributed by atoms with E-state index in [1.807, 2.05) is 19.2 Å². The van der Waals surface area contributed by atoms with E-state index in [1.165, 1.54) is 10.9 Å². The SMILES string of the molecule is Cn1c(/C=C/N)cc2ccc(Br)cc21. The first-order chi connectivity index (χ1) is 6.72. The Balaban J connectivity index is 2.74. The van der Waals surface area contributed by atoms with Crippen molar-refractivity contribution in [2.45, 2.75) is 0 Å². The lowest BCUT2D eigenvalue weighted by Crippen LogP contribution is -1.90. The number of aryl methyl sites for hydroxylation is 1. The second kappa shape index (κ2) is 3.50. The predicted octanol–water partition coefficient (Wildman–Crippen LogP) is 2.87. The third-order valence-electron chi connectivity index (χ3n) is 2.31. The van der Waals surface area contributed by atoms with Gasteiger partial charge < -0.3 is 10.3 Å². The van der Waals surface area contributed by atoms with Gasteiger partial charge in [-0.15, -0.1) is 0 Å². The van der Waals surface area contributed by atoms with Crippen molar-refractivity contribution >= 4 is 32.9 Å². The monoisotopic (exact) mass is 250 g/mol. The van der Waals surface area contributed by atoms with Crippen molar-refractivity contribution in [2.75, 3.05) is 0 Å². The van der Waals surface area contributed by atoms with Crippen LogP contribution in [0.4, 0.5) is 0 Å². The van der Waals surface area contributed by atoms with Crippen molar-refractivity contribution in [1.82, 2.24) is 4.57 Å². The first kappa shape index (κ1) is 9.34. The highest BCUT2D eigenvalue weighted by Crippen LogP contribution is 2.23. The number of rotatable bonds is 1. The Morgan fingerprint density at radius 3 is 2.86 bits per heavy atom. The minimum Gasteiger partial charge on any atom is -0.405 e. The molecule has 0 saturated carbocycles. The summed E-state index contributed by atoms with van der Waals surface area (Å²) in [6.45, 7) is 0. The van der Waals surface area contributed by atoms with Gasteiger partial charge in [-0.1, -0.05) is 22.0 Å². The average molecular weight is 251 g/mol. The second-order valence-corrected chi connectivity index (χ2v) is 4.11. The number of hydrogen-bond acceptors (Lipinski definition) is 1. The van der Waals surface area contributed by atoms with Gasteiger partial charge in [-0.2, -0.15) is 0 Å². The van der Waals surface area contributed by atoms with Crippen LogP contribution in [0.1, 0.15) is 5.69 Å². The lowest BCUT2D eigenvalue weighted by molar-refractivity contribution is 0.954. The van der Waals surface area contributed by atoms with Gasteiger partial charge in [0.25, 0.3) is 0 Å². The molecule has 0 unspecified atom stereocenters. The maximum atomic E-state index is 5.38. The third-order valence-corrected chi connectivity index (χ3v) is 2.80. The van der Waals surface area contributed by atoms with E-state index in [1.54, 1.807) is 6.20 Å². The Labute approximate surface area is 91.1 Å².